The minimum atomic E-state index is -0.683. The van der Waals surface area contributed by atoms with Gasteiger partial charge in [-0.1, -0.05) is 30.5 Å². The number of rotatable bonds is 3. The summed E-state index contributed by atoms with van der Waals surface area (Å²) in [5.41, 5.74) is 1.11. The van der Waals surface area contributed by atoms with Crippen LogP contribution < -0.4 is 0 Å². The molecular weight excluding hydrogens is 354 g/mol. The van der Waals surface area contributed by atoms with Crippen molar-refractivity contribution in [3.63, 3.8) is 0 Å². The van der Waals surface area contributed by atoms with Gasteiger partial charge >= 0.3 is 5.97 Å². The van der Waals surface area contributed by atoms with Crippen LogP contribution in [0.25, 0.3) is 0 Å². The summed E-state index contributed by atoms with van der Waals surface area (Å²) in [4.78, 5) is 13.8. The lowest BCUT2D eigenvalue weighted by Crippen LogP contribution is -2.41. The summed E-state index contributed by atoms with van der Waals surface area (Å²) in [5.74, 6) is -0.131. The zero-order valence-corrected chi connectivity index (χ0v) is 14.1. The summed E-state index contributed by atoms with van der Waals surface area (Å²) in [6.45, 7) is 0.688. The van der Waals surface area contributed by atoms with E-state index in [1.807, 2.05) is 18.2 Å². The Morgan fingerprint density at radius 3 is 2.86 bits per heavy atom. The Balaban J connectivity index is 1.82. The van der Waals surface area contributed by atoms with E-state index in [4.69, 9.17) is 11.6 Å². The zero-order chi connectivity index (χ0) is 15.0. The van der Waals surface area contributed by atoms with Crippen molar-refractivity contribution in [2.75, 3.05) is 0 Å². The Hall–Kier alpha value is -0.580. The molecule has 0 aromatic heterocycles. The van der Waals surface area contributed by atoms with Gasteiger partial charge in [0.1, 0.15) is 6.04 Å². The van der Waals surface area contributed by atoms with Gasteiger partial charge in [-0.25, -0.2) is 0 Å². The largest absolute Gasteiger partial charge is 0.480 e. The maximum absolute atomic E-state index is 11.6. The van der Waals surface area contributed by atoms with Gasteiger partial charge in [-0.05, 0) is 58.8 Å². The molecule has 1 N–H and O–H groups in total. The zero-order valence-electron chi connectivity index (χ0n) is 11.8. The van der Waals surface area contributed by atoms with Gasteiger partial charge < -0.3 is 5.11 Å². The first kappa shape index (κ1) is 15.3. The van der Waals surface area contributed by atoms with Crippen LogP contribution in [0.1, 0.15) is 37.7 Å². The van der Waals surface area contributed by atoms with Crippen LogP contribution in [-0.4, -0.2) is 28.1 Å². The quantitative estimate of drug-likeness (QED) is 0.859. The highest BCUT2D eigenvalue weighted by molar-refractivity contribution is 9.10. The number of aliphatic carboxylic acids is 1. The number of carboxylic acid groups (broad SMARTS) is 1. The molecular formula is C16H19BrClNO2. The molecule has 0 spiro atoms. The number of fused-ring (bicyclic) bond motifs is 1. The standard InChI is InChI=1S/C16H19BrClNO2/c17-12-7-10(5-6-13(12)18)9-19-14-4-2-1-3-11(14)8-15(19)16(20)21/h5-7,11,14-15H,1-4,8-9H2,(H,20,21). The molecule has 3 unspecified atom stereocenters. The van der Waals surface area contributed by atoms with Crippen LogP contribution in [0.4, 0.5) is 0 Å². The molecule has 0 bridgehead atoms. The Kier molecular flexibility index (Phi) is 4.57. The predicted octanol–water partition coefficient (Wildman–Crippen LogP) is 4.32. The van der Waals surface area contributed by atoms with Crippen molar-refractivity contribution >= 4 is 33.5 Å². The molecule has 114 valence electrons. The molecule has 5 heteroatoms. The topological polar surface area (TPSA) is 40.5 Å². The molecule has 1 aromatic carbocycles. The first-order valence-electron chi connectivity index (χ1n) is 7.48. The maximum Gasteiger partial charge on any atom is 0.320 e. The molecule has 0 radical (unpaired) electrons. The van der Waals surface area contributed by atoms with E-state index in [2.05, 4.69) is 20.8 Å². The second-order valence-electron chi connectivity index (χ2n) is 6.12. The smallest absolute Gasteiger partial charge is 0.320 e. The summed E-state index contributed by atoms with van der Waals surface area (Å²) in [5, 5.41) is 10.2. The van der Waals surface area contributed by atoms with E-state index in [0.717, 1.165) is 22.9 Å². The molecule has 3 atom stereocenters. The van der Waals surface area contributed by atoms with Crippen molar-refractivity contribution in [2.45, 2.75) is 50.7 Å². The lowest BCUT2D eigenvalue weighted by molar-refractivity contribution is -0.142. The first-order valence-corrected chi connectivity index (χ1v) is 8.66. The van der Waals surface area contributed by atoms with E-state index >= 15 is 0 Å². The second-order valence-corrected chi connectivity index (χ2v) is 7.38. The van der Waals surface area contributed by atoms with Gasteiger partial charge in [0, 0.05) is 17.1 Å². The first-order chi connectivity index (χ1) is 10.1. The number of nitrogens with zero attached hydrogens (tertiary/aromatic N) is 1. The summed E-state index contributed by atoms with van der Waals surface area (Å²) in [6.07, 6.45) is 5.56. The van der Waals surface area contributed by atoms with Crippen LogP contribution in [0.5, 0.6) is 0 Å². The molecule has 1 aliphatic carbocycles. The van der Waals surface area contributed by atoms with Crippen LogP contribution >= 0.6 is 27.5 Å². The van der Waals surface area contributed by atoms with Crippen molar-refractivity contribution in [1.82, 2.24) is 4.90 Å². The molecule has 1 aliphatic heterocycles. The fourth-order valence-corrected chi connectivity index (χ4v) is 4.42. The number of halogens is 2. The van der Waals surface area contributed by atoms with E-state index in [0.29, 0.717) is 23.5 Å². The molecule has 3 nitrogen and oxygen atoms in total. The number of hydrogen-bond acceptors (Lipinski definition) is 2. The third-order valence-electron chi connectivity index (χ3n) is 4.86. The van der Waals surface area contributed by atoms with E-state index < -0.39 is 5.97 Å². The summed E-state index contributed by atoms with van der Waals surface area (Å²) in [7, 11) is 0. The second kappa shape index (κ2) is 6.27. The summed E-state index contributed by atoms with van der Waals surface area (Å²) >= 11 is 9.47. The average molecular weight is 373 g/mol. The summed E-state index contributed by atoms with van der Waals surface area (Å²) < 4.78 is 0.868. The molecule has 1 saturated heterocycles. The molecule has 1 saturated carbocycles. The van der Waals surface area contributed by atoms with Crippen LogP contribution in [-0.2, 0) is 11.3 Å². The molecule has 2 aliphatic rings. The van der Waals surface area contributed by atoms with Crippen molar-refractivity contribution in [3.05, 3.63) is 33.3 Å². The SMILES string of the molecule is O=C(O)C1CC2CCCCC2N1Cc1ccc(Cl)c(Br)c1. The van der Waals surface area contributed by atoms with E-state index in [-0.39, 0.29) is 6.04 Å². The highest BCUT2D eigenvalue weighted by atomic mass is 79.9. The highest BCUT2D eigenvalue weighted by Gasteiger charge is 2.44. The minimum Gasteiger partial charge on any atom is -0.480 e. The van der Waals surface area contributed by atoms with Crippen LogP contribution in [0.2, 0.25) is 5.02 Å². The molecule has 0 amide bonds. The number of benzene rings is 1. The Labute approximate surface area is 138 Å². The van der Waals surface area contributed by atoms with Crippen molar-refractivity contribution in [1.29, 1.82) is 0 Å². The van der Waals surface area contributed by atoms with E-state index in [9.17, 15) is 9.90 Å². The van der Waals surface area contributed by atoms with E-state index in [1.54, 1.807) is 0 Å². The monoisotopic (exact) mass is 371 g/mol. The van der Waals surface area contributed by atoms with Gasteiger partial charge in [0.05, 0.1) is 5.02 Å². The van der Waals surface area contributed by atoms with Crippen molar-refractivity contribution < 1.29 is 9.90 Å². The number of hydrogen-bond donors (Lipinski definition) is 1. The minimum absolute atomic E-state index is 0.340. The Morgan fingerprint density at radius 1 is 1.38 bits per heavy atom. The van der Waals surface area contributed by atoms with Crippen molar-refractivity contribution in [2.24, 2.45) is 5.92 Å². The highest BCUT2D eigenvalue weighted by Crippen LogP contribution is 2.40. The lowest BCUT2D eigenvalue weighted by atomic mass is 9.84. The van der Waals surface area contributed by atoms with Crippen LogP contribution in [0, 0.1) is 5.92 Å². The fraction of sp³-hybridized carbons (Fsp3) is 0.562. The number of carbonyl (C=O) groups is 1. The molecule has 1 heterocycles. The Morgan fingerprint density at radius 2 is 2.14 bits per heavy atom. The average Bonchev–Trinajstić information content (AvgIpc) is 2.82. The van der Waals surface area contributed by atoms with Crippen LogP contribution in [0.3, 0.4) is 0 Å². The molecule has 1 aromatic rings. The third kappa shape index (κ3) is 3.13. The maximum atomic E-state index is 11.6. The van der Waals surface area contributed by atoms with E-state index in [1.165, 1.54) is 19.3 Å². The molecule has 2 fully saturated rings. The van der Waals surface area contributed by atoms with Gasteiger partial charge in [0.2, 0.25) is 0 Å². The van der Waals surface area contributed by atoms with Gasteiger partial charge in [0.25, 0.3) is 0 Å². The Bertz CT molecular complexity index is 551. The number of likely N-dealkylation sites (tertiary alicyclic amines) is 1. The predicted molar refractivity (Wildman–Crippen MR) is 86.5 cm³/mol. The van der Waals surface area contributed by atoms with Crippen LogP contribution in [0.15, 0.2) is 22.7 Å². The van der Waals surface area contributed by atoms with Gasteiger partial charge in [-0.3, -0.25) is 9.69 Å². The summed E-state index contributed by atoms with van der Waals surface area (Å²) in [6, 6.07) is 5.94. The van der Waals surface area contributed by atoms with Crippen molar-refractivity contribution in [3.8, 4) is 0 Å². The molecule has 3 rings (SSSR count). The number of carboxylic acids is 1. The lowest BCUT2D eigenvalue weighted by Gasteiger charge is -2.33. The van der Waals surface area contributed by atoms with Gasteiger partial charge in [-0.15, -0.1) is 0 Å². The normalized spacial score (nSPS) is 29.3. The van der Waals surface area contributed by atoms with Gasteiger partial charge in [0.15, 0.2) is 0 Å². The fourth-order valence-electron chi connectivity index (χ4n) is 3.87. The van der Waals surface area contributed by atoms with Gasteiger partial charge in [-0.2, -0.15) is 0 Å². The third-order valence-corrected chi connectivity index (χ3v) is 6.07. The molecule has 21 heavy (non-hydrogen) atoms.